The number of carbonyl (C=O) groups excluding carboxylic acids is 1. The molecule has 1 atom stereocenters. The Balaban J connectivity index is 2.66. The Morgan fingerprint density at radius 3 is 2.31 bits per heavy atom. The van der Waals surface area contributed by atoms with Crippen LogP contribution in [0.1, 0.15) is 38.8 Å². The Morgan fingerprint density at radius 2 is 1.88 bits per heavy atom. The Hall–Kier alpha value is -0.800. The second kappa shape index (κ2) is 6.06. The zero-order valence-electron chi connectivity index (χ0n) is 10.1. The first-order chi connectivity index (χ1) is 7.49. The molecule has 1 rings (SSSR count). The average Bonchev–Trinajstić information content (AvgIpc) is 2.16. The third-order valence-corrected chi connectivity index (χ3v) is 3.20. The van der Waals surface area contributed by atoms with Crippen LogP contribution < -0.4 is 5.73 Å². The van der Waals surface area contributed by atoms with E-state index < -0.39 is 0 Å². The Kier molecular flexibility index (Phi) is 5.03. The highest BCUT2D eigenvalue weighted by molar-refractivity contribution is 7.99. The number of benzene rings is 1. The highest BCUT2D eigenvalue weighted by Crippen LogP contribution is 2.24. The third kappa shape index (κ3) is 4.37. The summed E-state index contributed by atoms with van der Waals surface area (Å²) in [5.41, 5.74) is 6.95. The van der Waals surface area contributed by atoms with Crippen LogP contribution in [-0.2, 0) is 4.79 Å². The van der Waals surface area contributed by atoms with Crippen molar-refractivity contribution in [3.63, 3.8) is 0 Å². The molecule has 0 saturated carbocycles. The van der Waals surface area contributed by atoms with Gasteiger partial charge in [0.25, 0.3) is 0 Å². The predicted molar refractivity (Wildman–Crippen MR) is 69.7 cm³/mol. The lowest BCUT2D eigenvalue weighted by atomic mass is 10.0. The van der Waals surface area contributed by atoms with E-state index in [4.69, 9.17) is 5.73 Å². The lowest BCUT2D eigenvalue weighted by molar-refractivity contribution is -0.117. The Labute approximate surface area is 102 Å². The fourth-order valence-corrected chi connectivity index (χ4v) is 2.33. The molecular weight excluding hydrogens is 218 g/mol. The van der Waals surface area contributed by atoms with Crippen molar-refractivity contribution in [3.05, 3.63) is 29.8 Å². The molecule has 1 aromatic rings. The van der Waals surface area contributed by atoms with Crippen LogP contribution in [0.25, 0.3) is 0 Å². The molecular formula is C13H19NOS. The topological polar surface area (TPSA) is 43.1 Å². The van der Waals surface area contributed by atoms with Gasteiger partial charge in [0, 0.05) is 22.6 Å². The summed E-state index contributed by atoms with van der Waals surface area (Å²) in [7, 11) is 0. The molecule has 1 unspecified atom stereocenters. The number of carbonyl (C=O) groups is 1. The summed E-state index contributed by atoms with van der Waals surface area (Å²) in [4.78, 5) is 12.2. The van der Waals surface area contributed by atoms with Gasteiger partial charge in [-0.25, -0.2) is 0 Å². The molecule has 0 aliphatic heterocycles. The van der Waals surface area contributed by atoms with Gasteiger partial charge in [-0.3, -0.25) is 4.79 Å². The van der Waals surface area contributed by atoms with Crippen LogP contribution in [0.5, 0.6) is 0 Å². The van der Waals surface area contributed by atoms with Gasteiger partial charge < -0.3 is 5.73 Å². The van der Waals surface area contributed by atoms with Gasteiger partial charge in [-0.15, -0.1) is 11.8 Å². The van der Waals surface area contributed by atoms with Crippen LogP contribution in [0.2, 0.25) is 0 Å². The molecule has 0 spiro atoms. The maximum atomic E-state index is 11.0. The maximum absolute atomic E-state index is 11.0. The molecule has 0 saturated heterocycles. The van der Waals surface area contributed by atoms with Gasteiger partial charge in [0.2, 0.25) is 0 Å². The lowest BCUT2D eigenvalue weighted by Gasteiger charge is -2.11. The standard InChI is InChI=1S/C13H19NOS/c1-9(2)16-12-6-4-11(5-7-12)13(14)8-10(3)15/h4-7,9,13H,8,14H2,1-3H3. The van der Waals surface area contributed by atoms with Gasteiger partial charge in [-0.2, -0.15) is 0 Å². The minimum absolute atomic E-state index is 0.133. The fourth-order valence-electron chi connectivity index (χ4n) is 1.49. The number of Topliss-reactive ketones (excluding diaryl/α,β-unsaturated/α-hetero) is 1. The highest BCUT2D eigenvalue weighted by atomic mass is 32.2. The number of hydrogen-bond acceptors (Lipinski definition) is 3. The van der Waals surface area contributed by atoms with E-state index in [1.807, 2.05) is 23.9 Å². The first-order valence-corrected chi connectivity index (χ1v) is 6.38. The molecule has 0 fully saturated rings. The van der Waals surface area contributed by atoms with Crippen LogP contribution >= 0.6 is 11.8 Å². The van der Waals surface area contributed by atoms with Crippen molar-refractivity contribution in [1.29, 1.82) is 0 Å². The summed E-state index contributed by atoms with van der Waals surface area (Å²) in [6.45, 7) is 5.91. The van der Waals surface area contributed by atoms with Crippen molar-refractivity contribution in [2.45, 2.75) is 43.4 Å². The van der Waals surface area contributed by atoms with Crippen molar-refractivity contribution in [3.8, 4) is 0 Å². The smallest absolute Gasteiger partial charge is 0.131 e. The Bertz CT molecular complexity index is 345. The quantitative estimate of drug-likeness (QED) is 0.800. The fraction of sp³-hybridized carbons (Fsp3) is 0.462. The average molecular weight is 237 g/mol. The predicted octanol–water partition coefficient (Wildman–Crippen LogP) is 3.17. The summed E-state index contributed by atoms with van der Waals surface area (Å²) in [5, 5.41) is 0.580. The molecule has 2 N–H and O–H groups in total. The van der Waals surface area contributed by atoms with Crippen molar-refractivity contribution < 1.29 is 4.79 Å². The zero-order chi connectivity index (χ0) is 12.1. The molecule has 0 aliphatic rings. The normalized spacial score (nSPS) is 12.8. The van der Waals surface area contributed by atoms with Gasteiger partial charge in [-0.1, -0.05) is 26.0 Å². The van der Waals surface area contributed by atoms with Gasteiger partial charge in [-0.05, 0) is 24.6 Å². The third-order valence-electron chi connectivity index (χ3n) is 2.19. The van der Waals surface area contributed by atoms with Crippen molar-refractivity contribution in [1.82, 2.24) is 0 Å². The number of ketones is 1. The SMILES string of the molecule is CC(=O)CC(N)c1ccc(SC(C)C)cc1. The largest absolute Gasteiger partial charge is 0.324 e. The van der Waals surface area contributed by atoms with Crippen LogP contribution in [0.3, 0.4) is 0 Å². The van der Waals surface area contributed by atoms with Gasteiger partial charge in [0.05, 0.1) is 0 Å². The second-order valence-electron chi connectivity index (χ2n) is 4.25. The van der Waals surface area contributed by atoms with E-state index in [1.54, 1.807) is 6.92 Å². The van der Waals surface area contributed by atoms with Crippen LogP contribution in [0.15, 0.2) is 29.2 Å². The van der Waals surface area contributed by atoms with Crippen LogP contribution in [0.4, 0.5) is 0 Å². The summed E-state index contributed by atoms with van der Waals surface area (Å²) in [6.07, 6.45) is 0.413. The molecule has 3 heteroatoms. The number of nitrogens with two attached hydrogens (primary N) is 1. The van der Waals surface area contributed by atoms with Crippen LogP contribution in [0, 0.1) is 0 Å². The van der Waals surface area contributed by atoms with Gasteiger partial charge >= 0.3 is 0 Å². The molecule has 88 valence electrons. The number of hydrogen-bond donors (Lipinski definition) is 1. The molecule has 0 bridgehead atoms. The molecule has 0 amide bonds. The van der Waals surface area contributed by atoms with E-state index in [9.17, 15) is 4.79 Å². The van der Waals surface area contributed by atoms with Crippen molar-refractivity contribution in [2.24, 2.45) is 5.73 Å². The second-order valence-corrected chi connectivity index (χ2v) is 5.90. The zero-order valence-corrected chi connectivity index (χ0v) is 10.9. The molecule has 0 aromatic heterocycles. The summed E-state index contributed by atoms with van der Waals surface area (Å²) >= 11 is 1.82. The van der Waals surface area contributed by atoms with Crippen LogP contribution in [-0.4, -0.2) is 11.0 Å². The molecule has 2 nitrogen and oxygen atoms in total. The maximum Gasteiger partial charge on any atom is 0.131 e. The van der Waals surface area contributed by atoms with E-state index in [0.717, 1.165) is 5.56 Å². The van der Waals surface area contributed by atoms with Gasteiger partial charge in [0.1, 0.15) is 5.78 Å². The molecule has 0 aliphatic carbocycles. The van der Waals surface area contributed by atoms with E-state index >= 15 is 0 Å². The van der Waals surface area contributed by atoms with Crippen molar-refractivity contribution >= 4 is 17.5 Å². The van der Waals surface area contributed by atoms with Gasteiger partial charge in [0.15, 0.2) is 0 Å². The van der Waals surface area contributed by atoms with E-state index in [0.29, 0.717) is 11.7 Å². The van der Waals surface area contributed by atoms with E-state index in [1.165, 1.54) is 4.90 Å². The summed E-state index contributed by atoms with van der Waals surface area (Å²) in [5.74, 6) is 0.133. The van der Waals surface area contributed by atoms with E-state index in [2.05, 4.69) is 26.0 Å². The van der Waals surface area contributed by atoms with Crippen molar-refractivity contribution in [2.75, 3.05) is 0 Å². The number of thioether (sulfide) groups is 1. The first kappa shape index (κ1) is 13.3. The minimum atomic E-state index is -0.171. The minimum Gasteiger partial charge on any atom is -0.324 e. The molecule has 1 aromatic carbocycles. The molecule has 0 heterocycles. The summed E-state index contributed by atoms with van der Waals surface area (Å²) in [6, 6.07) is 7.99. The monoisotopic (exact) mass is 237 g/mol. The first-order valence-electron chi connectivity index (χ1n) is 5.50. The Morgan fingerprint density at radius 1 is 1.31 bits per heavy atom. The van der Waals surface area contributed by atoms with E-state index in [-0.39, 0.29) is 11.8 Å². The lowest BCUT2D eigenvalue weighted by Crippen LogP contribution is -2.13. The summed E-state index contributed by atoms with van der Waals surface area (Å²) < 4.78 is 0. The molecule has 16 heavy (non-hydrogen) atoms. The number of rotatable bonds is 5. The highest BCUT2D eigenvalue weighted by Gasteiger charge is 2.08. The molecule has 0 radical (unpaired) electrons.